The van der Waals surface area contributed by atoms with Gasteiger partial charge in [0, 0.05) is 38.4 Å². The Morgan fingerprint density at radius 3 is 2.07 bits per heavy atom. The minimum Gasteiger partial charge on any atom is -0.380 e. The summed E-state index contributed by atoms with van der Waals surface area (Å²) in [5.41, 5.74) is 2.13. The second kappa shape index (κ2) is 10.0. The highest BCUT2D eigenvalue weighted by molar-refractivity contribution is 5.90. The third-order valence-electron chi connectivity index (χ3n) is 5.09. The number of amides is 2. The molecule has 29 heavy (non-hydrogen) atoms. The highest BCUT2D eigenvalue weighted by Crippen LogP contribution is 2.16. The van der Waals surface area contributed by atoms with Crippen LogP contribution in [-0.4, -0.2) is 71.9 Å². The van der Waals surface area contributed by atoms with E-state index in [4.69, 9.17) is 0 Å². The first-order valence-electron chi connectivity index (χ1n) is 9.83. The summed E-state index contributed by atoms with van der Waals surface area (Å²) in [6, 6.07) is 19.5. The number of benzene rings is 2. The normalized spacial score (nSPS) is 16.2. The predicted molar refractivity (Wildman–Crippen MR) is 110 cm³/mol. The molecular formula is C22H27N3O4. The predicted octanol–water partition coefficient (Wildman–Crippen LogP) is 0.416. The minimum absolute atomic E-state index is 0.316. The van der Waals surface area contributed by atoms with E-state index in [0.717, 1.165) is 11.3 Å². The molecule has 1 aliphatic rings. The average Bonchev–Trinajstić information content (AvgIpc) is 2.79. The molecule has 0 unspecified atom stereocenters. The lowest BCUT2D eigenvalue weighted by Crippen LogP contribution is -2.55. The maximum Gasteiger partial charge on any atom is 0.254 e. The quantitative estimate of drug-likeness (QED) is 0.630. The van der Waals surface area contributed by atoms with Crippen LogP contribution in [0.3, 0.4) is 0 Å². The first-order chi connectivity index (χ1) is 14.1. The standard InChI is InChI=1S/C22H27N3O4/c26-19(21(28)23-12-11-17-7-3-1-4-8-17)20(27)22(29)25-15-13-24(14-16-25)18-9-5-2-6-10-18/h1-10,19-20,26-27H,11-16H2,(H,23,28)/t19-,20-/m1/s1. The number of carbonyl (C=O) groups is 2. The Hall–Kier alpha value is -2.90. The fourth-order valence-electron chi connectivity index (χ4n) is 3.37. The van der Waals surface area contributed by atoms with Crippen molar-refractivity contribution in [1.82, 2.24) is 10.2 Å². The van der Waals surface area contributed by atoms with Crippen molar-refractivity contribution in [3.05, 3.63) is 66.2 Å². The molecule has 2 atom stereocenters. The highest BCUT2D eigenvalue weighted by atomic mass is 16.3. The van der Waals surface area contributed by atoms with E-state index in [-0.39, 0.29) is 0 Å². The molecule has 3 rings (SSSR count). The minimum atomic E-state index is -1.79. The number of piperazine rings is 1. The number of carbonyl (C=O) groups excluding carboxylic acids is 2. The van der Waals surface area contributed by atoms with Crippen molar-refractivity contribution >= 4 is 17.5 Å². The molecule has 1 heterocycles. The molecule has 154 valence electrons. The Kier molecular flexibility index (Phi) is 7.21. The Bertz CT molecular complexity index is 792. The molecule has 0 aliphatic carbocycles. The van der Waals surface area contributed by atoms with E-state index in [1.807, 2.05) is 60.7 Å². The molecule has 2 amide bonds. The van der Waals surface area contributed by atoms with Gasteiger partial charge in [0.05, 0.1) is 0 Å². The van der Waals surface area contributed by atoms with Crippen LogP contribution in [0.1, 0.15) is 5.56 Å². The second-order valence-corrected chi connectivity index (χ2v) is 7.06. The number of nitrogens with zero attached hydrogens (tertiary/aromatic N) is 2. The van der Waals surface area contributed by atoms with Gasteiger partial charge in [0.25, 0.3) is 11.8 Å². The first kappa shape index (κ1) is 20.8. The van der Waals surface area contributed by atoms with Crippen molar-refractivity contribution in [2.45, 2.75) is 18.6 Å². The van der Waals surface area contributed by atoms with E-state index in [1.165, 1.54) is 4.90 Å². The zero-order chi connectivity index (χ0) is 20.6. The van der Waals surface area contributed by atoms with Crippen LogP contribution >= 0.6 is 0 Å². The van der Waals surface area contributed by atoms with Gasteiger partial charge in [0.2, 0.25) is 0 Å². The number of rotatable bonds is 7. The van der Waals surface area contributed by atoms with Gasteiger partial charge >= 0.3 is 0 Å². The lowest BCUT2D eigenvalue weighted by molar-refractivity contribution is -0.153. The van der Waals surface area contributed by atoms with Gasteiger partial charge in [-0.2, -0.15) is 0 Å². The van der Waals surface area contributed by atoms with E-state index in [2.05, 4.69) is 10.2 Å². The van der Waals surface area contributed by atoms with Crippen molar-refractivity contribution in [3.63, 3.8) is 0 Å². The van der Waals surface area contributed by atoms with Gasteiger partial charge in [0.15, 0.2) is 12.2 Å². The molecule has 1 saturated heterocycles. The smallest absolute Gasteiger partial charge is 0.254 e. The number of aliphatic hydroxyl groups excluding tert-OH is 2. The second-order valence-electron chi connectivity index (χ2n) is 7.06. The zero-order valence-electron chi connectivity index (χ0n) is 16.3. The lowest BCUT2D eigenvalue weighted by atomic mass is 10.1. The maximum atomic E-state index is 12.5. The molecule has 0 aromatic heterocycles. The number of anilines is 1. The molecule has 1 fully saturated rings. The van der Waals surface area contributed by atoms with Crippen LogP contribution in [-0.2, 0) is 16.0 Å². The summed E-state index contributed by atoms with van der Waals surface area (Å²) >= 11 is 0. The van der Waals surface area contributed by atoms with Gasteiger partial charge in [-0.25, -0.2) is 0 Å². The Morgan fingerprint density at radius 1 is 0.862 bits per heavy atom. The van der Waals surface area contributed by atoms with E-state index in [1.54, 1.807) is 0 Å². The molecular weight excluding hydrogens is 370 g/mol. The molecule has 0 spiro atoms. The third-order valence-corrected chi connectivity index (χ3v) is 5.09. The topological polar surface area (TPSA) is 93.1 Å². The molecule has 0 saturated carbocycles. The molecule has 7 nitrogen and oxygen atoms in total. The van der Waals surface area contributed by atoms with E-state index < -0.39 is 24.0 Å². The summed E-state index contributed by atoms with van der Waals surface area (Å²) in [4.78, 5) is 28.2. The molecule has 2 aromatic carbocycles. The summed E-state index contributed by atoms with van der Waals surface area (Å²) in [6.07, 6.45) is -2.95. The Balaban J connectivity index is 1.44. The van der Waals surface area contributed by atoms with Crippen LogP contribution in [0, 0.1) is 0 Å². The third kappa shape index (κ3) is 5.56. The Morgan fingerprint density at radius 2 is 1.45 bits per heavy atom. The summed E-state index contributed by atoms with van der Waals surface area (Å²) in [7, 11) is 0. The fourth-order valence-corrected chi connectivity index (χ4v) is 3.37. The van der Waals surface area contributed by atoms with Gasteiger partial charge in [0.1, 0.15) is 0 Å². The molecule has 1 aliphatic heterocycles. The van der Waals surface area contributed by atoms with E-state index >= 15 is 0 Å². The van der Waals surface area contributed by atoms with Crippen LogP contribution in [0.5, 0.6) is 0 Å². The molecule has 0 radical (unpaired) electrons. The number of para-hydroxylation sites is 1. The maximum absolute atomic E-state index is 12.5. The van der Waals surface area contributed by atoms with Gasteiger partial charge in [-0.1, -0.05) is 48.5 Å². The number of aliphatic hydroxyl groups is 2. The zero-order valence-corrected chi connectivity index (χ0v) is 16.3. The van der Waals surface area contributed by atoms with Crippen molar-refractivity contribution < 1.29 is 19.8 Å². The van der Waals surface area contributed by atoms with Crippen LogP contribution in [0.25, 0.3) is 0 Å². The van der Waals surface area contributed by atoms with Crippen LogP contribution in [0.2, 0.25) is 0 Å². The van der Waals surface area contributed by atoms with Gasteiger partial charge in [-0.3, -0.25) is 9.59 Å². The van der Waals surface area contributed by atoms with Crippen molar-refractivity contribution in [1.29, 1.82) is 0 Å². The summed E-state index contributed by atoms with van der Waals surface area (Å²) in [5, 5.41) is 22.9. The monoisotopic (exact) mass is 397 g/mol. The van der Waals surface area contributed by atoms with Crippen molar-refractivity contribution in [3.8, 4) is 0 Å². The van der Waals surface area contributed by atoms with E-state index in [9.17, 15) is 19.8 Å². The molecule has 7 heteroatoms. The number of hydrogen-bond donors (Lipinski definition) is 3. The van der Waals surface area contributed by atoms with Crippen molar-refractivity contribution in [2.75, 3.05) is 37.6 Å². The van der Waals surface area contributed by atoms with Gasteiger partial charge in [-0.15, -0.1) is 0 Å². The highest BCUT2D eigenvalue weighted by Gasteiger charge is 2.34. The molecule has 0 bridgehead atoms. The van der Waals surface area contributed by atoms with Crippen LogP contribution in [0.15, 0.2) is 60.7 Å². The molecule has 3 N–H and O–H groups in total. The number of hydrogen-bond acceptors (Lipinski definition) is 5. The largest absolute Gasteiger partial charge is 0.380 e. The summed E-state index contributed by atoms with van der Waals surface area (Å²) in [5.74, 6) is -1.37. The van der Waals surface area contributed by atoms with Gasteiger partial charge < -0.3 is 25.3 Å². The van der Waals surface area contributed by atoms with Crippen LogP contribution in [0.4, 0.5) is 5.69 Å². The Labute approximate surface area is 170 Å². The lowest BCUT2D eigenvalue weighted by Gasteiger charge is -2.37. The van der Waals surface area contributed by atoms with Gasteiger partial charge in [-0.05, 0) is 24.1 Å². The molecule has 2 aromatic rings. The SMILES string of the molecule is O=C(NCCc1ccccc1)[C@H](O)[C@@H](O)C(=O)N1CCN(c2ccccc2)CC1. The van der Waals surface area contributed by atoms with E-state index in [0.29, 0.717) is 39.1 Å². The summed E-state index contributed by atoms with van der Waals surface area (Å²) in [6.45, 7) is 2.42. The van der Waals surface area contributed by atoms with Crippen LogP contribution < -0.4 is 10.2 Å². The van der Waals surface area contributed by atoms with Crippen molar-refractivity contribution in [2.24, 2.45) is 0 Å². The average molecular weight is 397 g/mol. The first-order valence-corrected chi connectivity index (χ1v) is 9.83. The number of nitrogens with one attached hydrogen (secondary N) is 1. The fraction of sp³-hybridized carbons (Fsp3) is 0.364. The summed E-state index contributed by atoms with van der Waals surface area (Å²) < 4.78 is 0.